The van der Waals surface area contributed by atoms with Gasteiger partial charge < -0.3 is 19.5 Å². The fourth-order valence-corrected chi connectivity index (χ4v) is 2.86. The van der Waals surface area contributed by atoms with Crippen LogP contribution in [-0.4, -0.2) is 47.4 Å². The number of rotatable bonds is 8. The van der Waals surface area contributed by atoms with Gasteiger partial charge in [0.05, 0.1) is 27.4 Å². The molecule has 0 fully saturated rings. The van der Waals surface area contributed by atoms with E-state index in [1.54, 1.807) is 39.5 Å². The van der Waals surface area contributed by atoms with Crippen LogP contribution in [0, 0.1) is 0 Å². The van der Waals surface area contributed by atoms with Crippen molar-refractivity contribution in [1.29, 1.82) is 0 Å². The number of carbonyl (C=O) groups excluding carboxylic acids is 1. The highest BCUT2D eigenvalue weighted by molar-refractivity contribution is 5.76. The largest absolute Gasteiger partial charge is 0.497 e. The van der Waals surface area contributed by atoms with Crippen LogP contribution in [0.4, 0.5) is 0 Å². The summed E-state index contributed by atoms with van der Waals surface area (Å²) >= 11 is 0. The van der Waals surface area contributed by atoms with E-state index >= 15 is 0 Å². The summed E-state index contributed by atoms with van der Waals surface area (Å²) in [6.07, 6.45) is 0. The summed E-state index contributed by atoms with van der Waals surface area (Å²) in [6.45, 7) is 1.80. The molecular weight excluding hydrogens is 374 g/mol. The van der Waals surface area contributed by atoms with E-state index in [4.69, 9.17) is 14.2 Å². The summed E-state index contributed by atoms with van der Waals surface area (Å²) in [5.41, 5.74) is 1.56. The fraction of sp³-hybridized carbons (Fsp3) is 0.300. The molecule has 0 aliphatic carbocycles. The number of carbonyl (C=O) groups is 1. The van der Waals surface area contributed by atoms with Crippen molar-refractivity contribution in [2.24, 2.45) is 0 Å². The molecule has 2 aromatic carbocycles. The Labute approximate surface area is 168 Å². The lowest BCUT2D eigenvalue weighted by Gasteiger charge is -2.18. The Bertz CT molecular complexity index is 989. The van der Waals surface area contributed by atoms with Gasteiger partial charge in [-0.05, 0) is 42.5 Å². The van der Waals surface area contributed by atoms with Gasteiger partial charge in [-0.1, -0.05) is 12.1 Å². The van der Waals surface area contributed by atoms with Crippen molar-refractivity contribution in [2.75, 3.05) is 21.3 Å². The molecule has 29 heavy (non-hydrogen) atoms. The molecule has 0 aliphatic rings. The third-order valence-electron chi connectivity index (χ3n) is 4.35. The first-order valence-electron chi connectivity index (χ1n) is 8.97. The third-order valence-corrected chi connectivity index (χ3v) is 4.35. The van der Waals surface area contributed by atoms with Gasteiger partial charge in [0.2, 0.25) is 11.7 Å². The Kier molecular flexibility index (Phi) is 6.28. The second-order valence-corrected chi connectivity index (χ2v) is 6.27. The Morgan fingerprint density at radius 1 is 1.07 bits per heavy atom. The summed E-state index contributed by atoms with van der Waals surface area (Å²) in [5.74, 6) is 2.20. The molecule has 1 heterocycles. The summed E-state index contributed by atoms with van der Waals surface area (Å²) in [6, 6.07) is 12.5. The van der Waals surface area contributed by atoms with Crippen molar-refractivity contribution in [1.82, 2.24) is 25.5 Å². The van der Waals surface area contributed by atoms with Gasteiger partial charge in [0.15, 0.2) is 0 Å². The van der Waals surface area contributed by atoms with Crippen LogP contribution >= 0.6 is 0 Å². The summed E-state index contributed by atoms with van der Waals surface area (Å²) in [5, 5.41) is 15.2. The van der Waals surface area contributed by atoms with Crippen LogP contribution < -0.4 is 19.5 Å². The quantitative estimate of drug-likeness (QED) is 0.622. The minimum atomic E-state index is -0.297. The third kappa shape index (κ3) is 4.81. The molecule has 1 amide bonds. The predicted octanol–water partition coefficient (Wildman–Crippen LogP) is 2.24. The van der Waals surface area contributed by atoms with E-state index in [-0.39, 0.29) is 18.5 Å². The molecule has 0 spiro atoms. The average Bonchev–Trinajstić information content (AvgIpc) is 3.21. The van der Waals surface area contributed by atoms with Crippen molar-refractivity contribution in [3.8, 4) is 28.6 Å². The minimum absolute atomic E-state index is 0.0619. The van der Waals surface area contributed by atoms with Crippen LogP contribution in [0.25, 0.3) is 11.4 Å². The molecular formula is C20H23N5O4. The SMILES string of the molecule is COc1cccc(-c2nnn(CC(=O)N[C@@H](C)c3cc(OC)ccc3OC)n2)c1. The maximum atomic E-state index is 12.5. The predicted molar refractivity (Wildman–Crippen MR) is 106 cm³/mol. The Morgan fingerprint density at radius 2 is 1.83 bits per heavy atom. The van der Waals surface area contributed by atoms with Gasteiger partial charge >= 0.3 is 0 Å². The molecule has 9 heteroatoms. The molecule has 0 unspecified atom stereocenters. The number of nitrogens with one attached hydrogen (secondary N) is 1. The van der Waals surface area contributed by atoms with Crippen LogP contribution in [0.15, 0.2) is 42.5 Å². The van der Waals surface area contributed by atoms with Gasteiger partial charge in [0.1, 0.15) is 23.8 Å². The molecule has 1 atom stereocenters. The van der Waals surface area contributed by atoms with E-state index in [9.17, 15) is 4.79 Å². The summed E-state index contributed by atoms with van der Waals surface area (Å²) in [4.78, 5) is 13.7. The van der Waals surface area contributed by atoms with Crippen LogP contribution in [0.1, 0.15) is 18.5 Å². The molecule has 0 saturated heterocycles. The number of tetrazole rings is 1. The standard InChI is InChI=1S/C20H23N5O4/c1-13(17-11-16(28-3)8-9-18(17)29-4)21-19(26)12-25-23-20(22-24-25)14-6-5-7-15(10-14)27-2/h5-11,13H,12H2,1-4H3,(H,21,26)/t13-/m0/s1. The number of methoxy groups -OCH3 is 3. The van der Waals surface area contributed by atoms with Crippen molar-refractivity contribution in [3.63, 3.8) is 0 Å². The second-order valence-electron chi connectivity index (χ2n) is 6.27. The Hall–Kier alpha value is -3.62. The van der Waals surface area contributed by atoms with Crippen molar-refractivity contribution < 1.29 is 19.0 Å². The molecule has 3 rings (SSSR count). The highest BCUT2D eigenvalue weighted by Crippen LogP contribution is 2.29. The Balaban J connectivity index is 1.68. The normalized spacial score (nSPS) is 11.6. The highest BCUT2D eigenvalue weighted by Gasteiger charge is 2.17. The molecule has 9 nitrogen and oxygen atoms in total. The smallest absolute Gasteiger partial charge is 0.244 e. The number of benzene rings is 2. The maximum absolute atomic E-state index is 12.5. The summed E-state index contributed by atoms with van der Waals surface area (Å²) < 4.78 is 15.8. The van der Waals surface area contributed by atoms with Crippen molar-refractivity contribution in [3.05, 3.63) is 48.0 Å². The maximum Gasteiger partial charge on any atom is 0.244 e. The average molecular weight is 397 g/mol. The number of amides is 1. The van der Waals surface area contributed by atoms with Crippen molar-refractivity contribution in [2.45, 2.75) is 19.5 Å². The van der Waals surface area contributed by atoms with Gasteiger partial charge in [0.25, 0.3) is 0 Å². The number of ether oxygens (including phenoxy) is 3. The summed E-state index contributed by atoms with van der Waals surface area (Å²) in [7, 11) is 4.76. The molecule has 0 aliphatic heterocycles. The first-order valence-corrected chi connectivity index (χ1v) is 8.97. The second kappa shape index (κ2) is 9.05. The molecule has 0 bridgehead atoms. The molecule has 3 aromatic rings. The highest BCUT2D eigenvalue weighted by atomic mass is 16.5. The van der Waals surface area contributed by atoms with E-state index in [1.807, 2.05) is 31.2 Å². The van der Waals surface area contributed by atoms with Crippen molar-refractivity contribution >= 4 is 5.91 Å². The zero-order valence-electron chi connectivity index (χ0n) is 16.7. The van der Waals surface area contributed by atoms with Crippen LogP contribution in [0.5, 0.6) is 17.2 Å². The van der Waals surface area contributed by atoms with E-state index < -0.39 is 0 Å². The Morgan fingerprint density at radius 3 is 2.55 bits per heavy atom. The number of hydrogen-bond donors (Lipinski definition) is 1. The van der Waals surface area contributed by atoms with Crippen LogP contribution in [0.2, 0.25) is 0 Å². The van der Waals surface area contributed by atoms with Crippen LogP contribution in [0.3, 0.4) is 0 Å². The molecule has 1 aromatic heterocycles. The van der Waals surface area contributed by atoms with Gasteiger partial charge in [0, 0.05) is 11.1 Å². The van der Waals surface area contributed by atoms with E-state index in [2.05, 4.69) is 20.7 Å². The molecule has 0 radical (unpaired) electrons. The van der Waals surface area contributed by atoms with Crippen LogP contribution in [-0.2, 0) is 11.3 Å². The van der Waals surface area contributed by atoms with E-state index in [0.29, 0.717) is 23.1 Å². The number of hydrogen-bond acceptors (Lipinski definition) is 7. The zero-order valence-corrected chi connectivity index (χ0v) is 16.7. The lowest BCUT2D eigenvalue weighted by molar-refractivity contribution is -0.122. The lowest BCUT2D eigenvalue weighted by atomic mass is 10.1. The number of aromatic nitrogens is 4. The minimum Gasteiger partial charge on any atom is -0.497 e. The number of nitrogens with zero attached hydrogens (tertiary/aromatic N) is 4. The van der Waals surface area contributed by atoms with Gasteiger partial charge in [-0.2, -0.15) is 4.80 Å². The lowest BCUT2D eigenvalue weighted by Crippen LogP contribution is -2.31. The molecule has 1 N–H and O–H groups in total. The monoisotopic (exact) mass is 397 g/mol. The molecule has 152 valence electrons. The molecule has 0 saturated carbocycles. The first kappa shape index (κ1) is 20.1. The topological polar surface area (TPSA) is 100 Å². The fourth-order valence-electron chi connectivity index (χ4n) is 2.86. The van der Waals surface area contributed by atoms with E-state index in [0.717, 1.165) is 11.1 Å². The van der Waals surface area contributed by atoms with Gasteiger partial charge in [-0.3, -0.25) is 4.79 Å². The zero-order chi connectivity index (χ0) is 20.8. The van der Waals surface area contributed by atoms with Gasteiger partial charge in [-0.15, -0.1) is 10.2 Å². The van der Waals surface area contributed by atoms with E-state index in [1.165, 1.54) is 4.80 Å². The van der Waals surface area contributed by atoms with Gasteiger partial charge in [-0.25, -0.2) is 0 Å². The first-order chi connectivity index (χ1) is 14.0.